The highest BCUT2D eigenvalue weighted by Gasteiger charge is 2.47. The van der Waals surface area contributed by atoms with Gasteiger partial charge in [-0.25, -0.2) is 0 Å². The van der Waals surface area contributed by atoms with Crippen LogP contribution in [0.5, 0.6) is 0 Å². The Labute approximate surface area is 305 Å². The first-order chi connectivity index (χ1) is 25.8. The van der Waals surface area contributed by atoms with Gasteiger partial charge < -0.3 is 9.32 Å². The second-order valence-electron chi connectivity index (χ2n) is 13.6. The second-order valence-corrected chi connectivity index (χ2v) is 14.7. The molecule has 2 heterocycles. The summed E-state index contributed by atoms with van der Waals surface area (Å²) in [4.78, 5) is 2.46. The maximum atomic E-state index is 6.32. The minimum absolute atomic E-state index is 0.490. The lowest BCUT2D eigenvalue weighted by Gasteiger charge is -2.34. The van der Waals surface area contributed by atoms with E-state index in [-0.39, 0.29) is 0 Å². The molecule has 244 valence electrons. The van der Waals surface area contributed by atoms with Gasteiger partial charge in [-0.1, -0.05) is 140 Å². The van der Waals surface area contributed by atoms with Crippen molar-refractivity contribution in [3.63, 3.8) is 0 Å². The van der Waals surface area contributed by atoms with Gasteiger partial charge in [0.2, 0.25) is 0 Å². The van der Waals surface area contributed by atoms with E-state index in [9.17, 15) is 0 Å². The maximum Gasteiger partial charge on any atom is 0.135 e. The first kappa shape index (κ1) is 29.3. The van der Waals surface area contributed by atoms with E-state index in [1.54, 1.807) is 0 Å². The van der Waals surface area contributed by atoms with E-state index in [1.807, 2.05) is 17.4 Å². The van der Waals surface area contributed by atoms with Crippen LogP contribution in [0, 0.1) is 0 Å². The van der Waals surface area contributed by atoms with Crippen LogP contribution in [0.3, 0.4) is 0 Å². The quantitative estimate of drug-likeness (QED) is 0.180. The fourth-order valence-electron chi connectivity index (χ4n) is 8.79. The van der Waals surface area contributed by atoms with Gasteiger partial charge in [0.05, 0.1) is 11.1 Å². The zero-order chi connectivity index (χ0) is 34.2. The van der Waals surface area contributed by atoms with Crippen LogP contribution >= 0.6 is 11.3 Å². The number of para-hydroxylation sites is 1. The molecule has 8 aromatic carbocycles. The summed E-state index contributed by atoms with van der Waals surface area (Å²) in [7, 11) is 0. The molecule has 1 aliphatic rings. The van der Waals surface area contributed by atoms with Gasteiger partial charge in [0, 0.05) is 47.9 Å². The zero-order valence-electron chi connectivity index (χ0n) is 28.2. The average molecular weight is 682 g/mol. The lowest BCUT2D eigenvalue weighted by atomic mass is 9.68. The summed E-state index contributed by atoms with van der Waals surface area (Å²) in [6.45, 7) is 0. The Hall–Kier alpha value is -6.42. The van der Waals surface area contributed by atoms with Crippen molar-refractivity contribution in [2.75, 3.05) is 4.90 Å². The molecule has 0 saturated heterocycles. The van der Waals surface area contributed by atoms with E-state index in [1.165, 1.54) is 53.6 Å². The van der Waals surface area contributed by atoms with E-state index in [2.05, 4.69) is 187 Å². The topological polar surface area (TPSA) is 16.4 Å². The van der Waals surface area contributed by atoms with Crippen LogP contribution in [0.15, 0.2) is 192 Å². The lowest BCUT2D eigenvalue weighted by Crippen LogP contribution is -2.28. The first-order valence-corrected chi connectivity index (χ1v) is 18.6. The van der Waals surface area contributed by atoms with Gasteiger partial charge in [0.15, 0.2) is 0 Å². The highest BCUT2D eigenvalue weighted by molar-refractivity contribution is 7.25. The number of nitrogens with zero attached hydrogens (tertiary/aromatic N) is 1. The van der Waals surface area contributed by atoms with Crippen LogP contribution < -0.4 is 4.90 Å². The molecule has 10 aromatic rings. The largest absolute Gasteiger partial charge is 0.456 e. The van der Waals surface area contributed by atoms with Gasteiger partial charge in [-0.3, -0.25) is 0 Å². The van der Waals surface area contributed by atoms with Gasteiger partial charge in [-0.15, -0.1) is 11.3 Å². The summed E-state index contributed by atoms with van der Waals surface area (Å²) in [6.07, 6.45) is 0. The van der Waals surface area contributed by atoms with E-state index in [4.69, 9.17) is 4.42 Å². The zero-order valence-corrected chi connectivity index (χ0v) is 29.0. The van der Waals surface area contributed by atoms with Crippen LogP contribution in [0.1, 0.15) is 22.3 Å². The first-order valence-electron chi connectivity index (χ1n) is 17.8. The summed E-state index contributed by atoms with van der Waals surface area (Å²) >= 11 is 1.86. The molecule has 1 aliphatic carbocycles. The summed E-state index contributed by atoms with van der Waals surface area (Å²) in [5.74, 6) is 0. The van der Waals surface area contributed by atoms with Gasteiger partial charge in [-0.05, 0) is 76.3 Å². The van der Waals surface area contributed by atoms with E-state index in [0.29, 0.717) is 0 Å². The molecule has 11 rings (SSSR count). The van der Waals surface area contributed by atoms with Gasteiger partial charge >= 0.3 is 0 Å². The number of anilines is 3. The highest BCUT2D eigenvalue weighted by atomic mass is 32.1. The molecular weight excluding hydrogens is 651 g/mol. The van der Waals surface area contributed by atoms with Crippen LogP contribution in [0.4, 0.5) is 17.1 Å². The fraction of sp³-hybridized carbons (Fsp3) is 0.0204. The predicted octanol–water partition coefficient (Wildman–Crippen LogP) is 13.8. The third-order valence-electron chi connectivity index (χ3n) is 10.9. The summed E-state index contributed by atoms with van der Waals surface area (Å²) in [6, 6.07) is 68.6. The normalized spacial score (nSPS) is 13.2. The van der Waals surface area contributed by atoms with Crippen LogP contribution in [-0.4, -0.2) is 0 Å². The molecule has 3 heteroatoms. The monoisotopic (exact) mass is 681 g/mol. The molecule has 0 unspecified atom stereocenters. The van der Waals surface area contributed by atoms with E-state index in [0.717, 1.165) is 39.0 Å². The average Bonchev–Trinajstić information content (AvgIpc) is 3.87. The standard InChI is InChI=1S/C49H31NOS/c1-3-14-32(15-4-1)49(33-16-5-2-6-17-33)41-21-10-7-20-39(41)48-42(49)22-13-23-43(48)50(34-27-29-45-40(30-34)36-18-8-11-24-44(36)51-45)35-26-28-38-37-19-9-12-25-46(37)52-47(38)31-35/h1-31H. The highest BCUT2D eigenvalue weighted by Crippen LogP contribution is 2.59. The van der Waals surface area contributed by atoms with E-state index < -0.39 is 5.41 Å². The number of benzene rings is 8. The number of rotatable bonds is 5. The molecule has 0 aliphatic heterocycles. The summed E-state index contributed by atoms with van der Waals surface area (Å²) in [5.41, 5.74) is 12.3. The Morgan fingerprint density at radius 1 is 0.423 bits per heavy atom. The molecule has 0 fully saturated rings. The fourth-order valence-corrected chi connectivity index (χ4v) is 9.93. The van der Waals surface area contributed by atoms with Crippen molar-refractivity contribution in [3.8, 4) is 11.1 Å². The minimum atomic E-state index is -0.490. The Kier molecular flexibility index (Phi) is 6.37. The second kappa shape index (κ2) is 11.3. The molecule has 0 N–H and O–H groups in total. The molecular formula is C49H31NOS. The molecule has 2 aromatic heterocycles. The van der Waals surface area contributed by atoms with Crippen molar-refractivity contribution in [1.82, 2.24) is 0 Å². The Balaban J connectivity index is 1.23. The van der Waals surface area contributed by atoms with Crippen molar-refractivity contribution in [2.24, 2.45) is 0 Å². The van der Waals surface area contributed by atoms with Crippen molar-refractivity contribution >= 4 is 70.5 Å². The summed E-state index contributed by atoms with van der Waals surface area (Å²) < 4.78 is 8.89. The van der Waals surface area contributed by atoms with Crippen molar-refractivity contribution in [2.45, 2.75) is 5.41 Å². The number of fused-ring (bicyclic) bond motifs is 9. The van der Waals surface area contributed by atoms with Crippen molar-refractivity contribution < 1.29 is 4.42 Å². The maximum absolute atomic E-state index is 6.32. The predicted molar refractivity (Wildman–Crippen MR) is 219 cm³/mol. The number of hydrogen-bond acceptors (Lipinski definition) is 3. The molecule has 0 spiro atoms. The number of thiophene rings is 1. The van der Waals surface area contributed by atoms with Crippen LogP contribution in [0.2, 0.25) is 0 Å². The van der Waals surface area contributed by atoms with Crippen molar-refractivity contribution in [1.29, 1.82) is 0 Å². The van der Waals surface area contributed by atoms with Crippen LogP contribution in [0.25, 0.3) is 53.2 Å². The third-order valence-corrected chi connectivity index (χ3v) is 12.1. The molecule has 2 nitrogen and oxygen atoms in total. The van der Waals surface area contributed by atoms with Gasteiger partial charge in [0.25, 0.3) is 0 Å². The molecule has 0 bridgehead atoms. The Morgan fingerprint density at radius 2 is 1.04 bits per heavy atom. The Morgan fingerprint density at radius 3 is 1.87 bits per heavy atom. The smallest absolute Gasteiger partial charge is 0.135 e. The minimum Gasteiger partial charge on any atom is -0.456 e. The SMILES string of the molecule is c1ccc(C2(c3ccccc3)c3ccccc3-c3c(N(c4ccc5c(c4)sc4ccccc45)c4ccc5oc6ccccc6c5c4)cccc32)cc1. The molecule has 0 amide bonds. The molecule has 0 atom stereocenters. The molecule has 0 saturated carbocycles. The van der Waals surface area contributed by atoms with Gasteiger partial charge in [-0.2, -0.15) is 0 Å². The third kappa shape index (κ3) is 4.11. The number of hydrogen-bond donors (Lipinski definition) is 0. The van der Waals surface area contributed by atoms with E-state index >= 15 is 0 Å². The Bertz CT molecular complexity index is 2930. The summed E-state index contributed by atoms with van der Waals surface area (Å²) in [5, 5.41) is 4.82. The van der Waals surface area contributed by atoms with Crippen LogP contribution in [-0.2, 0) is 5.41 Å². The van der Waals surface area contributed by atoms with Crippen molar-refractivity contribution in [3.05, 3.63) is 210 Å². The lowest BCUT2D eigenvalue weighted by molar-refractivity contribution is 0.669. The number of furan rings is 1. The molecule has 0 radical (unpaired) electrons. The van der Waals surface area contributed by atoms with Gasteiger partial charge in [0.1, 0.15) is 11.2 Å². The molecule has 52 heavy (non-hydrogen) atoms.